The molecule has 2 heterocycles. The van der Waals surface area contributed by atoms with E-state index in [2.05, 4.69) is 19.8 Å². The SMILES string of the molecule is OCCN1CCN=C1CCCCCCCCC1=NCCN1CCO. The lowest BCUT2D eigenvalue weighted by Gasteiger charge is -2.19. The molecule has 2 N–H and O–H groups in total. The highest BCUT2D eigenvalue weighted by Gasteiger charge is 2.16. The van der Waals surface area contributed by atoms with E-state index in [4.69, 9.17) is 10.2 Å². The van der Waals surface area contributed by atoms with E-state index in [1.165, 1.54) is 50.2 Å². The summed E-state index contributed by atoms with van der Waals surface area (Å²) in [4.78, 5) is 13.5. The molecule has 0 atom stereocenters. The van der Waals surface area contributed by atoms with Gasteiger partial charge in [0.05, 0.1) is 38.0 Å². The van der Waals surface area contributed by atoms with Gasteiger partial charge in [0.25, 0.3) is 0 Å². The first-order chi connectivity index (χ1) is 11.8. The maximum atomic E-state index is 9.04. The van der Waals surface area contributed by atoms with Crippen molar-refractivity contribution in [2.75, 3.05) is 52.5 Å². The van der Waals surface area contributed by atoms with Crippen molar-refractivity contribution in [2.45, 2.75) is 51.4 Å². The van der Waals surface area contributed by atoms with Crippen LogP contribution in [0.25, 0.3) is 0 Å². The van der Waals surface area contributed by atoms with Crippen LogP contribution in [0.3, 0.4) is 0 Å². The lowest BCUT2D eigenvalue weighted by atomic mass is 10.1. The summed E-state index contributed by atoms with van der Waals surface area (Å²) in [7, 11) is 0. The molecule has 0 unspecified atom stereocenters. The quantitative estimate of drug-likeness (QED) is 0.500. The summed E-state index contributed by atoms with van der Waals surface area (Å²) in [5, 5.41) is 18.1. The molecule has 0 saturated heterocycles. The van der Waals surface area contributed by atoms with Crippen LogP contribution in [0.1, 0.15) is 51.4 Å². The first-order valence-corrected chi connectivity index (χ1v) is 9.63. The number of aliphatic imine (C=N–C) groups is 2. The third-order valence-electron chi connectivity index (χ3n) is 4.85. The van der Waals surface area contributed by atoms with Gasteiger partial charge in [0.15, 0.2) is 0 Å². The minimum absolute atomic E-state index is 0.222. The van der Waals surface area contributed by atoms with E-state index in [0.717, 1.165) is 52.1 Å². The molecule has 0 amide bonds. The van der Waals surface area contributed by atoms with Crippen LogP contribution in [0.5, 0.6) is 0 Å². The summed E-state index contributed by atoms with van der Waals surface area (Å²) in [6.45, 7) is 5.66. The fourth-order valence-electron chi connectivity index (χ4n) is 3.53. The summed E-state index contributed by atoms with van der Waals surface area (Å²) >= 11 is 0. The third kappa shape index (κ3) is 6.40. The van der Waals surface area contributed by atoms with Crippen LogP contribution in [0, 0.1) is 0 Å². The number of hydrogen-bond donors (Lipinski definition) is 2. The van der Waals surface area contributed by atoms with Crippen LogP contribution in [0.15, 0.2) is 9.98 Å². The van der Waals surface area contributed by atoms with Gasteiger partial charge in [-0.25, -0.2) is 0 Å². The zero-order valence-electron chi connectivity index (χ0n) is 15.0. The Kier molecular flexibility index (Phi) is 9.13. The Balaban J connectivity index is 1.44. The second-order valence-corrected chi connectivity index (χ2v) is 6.64. The van der Waals surface area contributed by atoms with Crippen molar-refractivity contribution in [3.63, 3.8) is 0 Å². The zero-order chi connectivity index (χ0) is 17.0. The highest BCUT2D eigenvalue weighted by atomic mass is 16.3. The Morgan fingerprint density at radius 1 is 0.667 bits per heavy atom. The molecule has 2 aliphatic heterocycles. The van der Waals surface area contributed by atoms with Gasteiger partial charge >= 0.3 is 0 Å². The minimum atomic E-state index is 0.222. The first kappa shape index (κ1) is 19.2. The molecule has 0 radical (unpaired) electrons. The van der Waals surface area contributed by atoms with Gasteiger partial charge in [-0.1, -0.05) is 25.7 Å². The zero-order valence-corrected chi connectivity index (χ0v) is 15.0. The van der Waals surface area contributed by atoms with Crippen molar-refractivity contribution >= 4 is 11.7 Å². The van der Waals surface area contributed by atoms with Gasteiger partial charge < -0.3 is 20.0 Å². The van der Waals surface area contributed by atoms with Crippen molar-refractivity contribution in [3.8, 4) is 0 Å². The molecule has 2 rings (SSSR count). The molecule has 24 heavy (non-hydrogen) atoms. The fourth-order valence-corrected chi connectivity index (χ4v) is 3.53. The van der Waals surface area contributed by atoms with Gasteiger partial charge in [-0.15, -0.1) is 0 Å². The Morgan fingerprint density at radius 2 is 1.08 bits per heavy atom. The number of aliphatic hydroxyl groups excluding tert-OH is 2. The topological polar surface area (TPSA) is 71.7 Å². The molecule has 0 spiro atoms. The van der Waals surface area contributed by atoms with Gasteiger partial charge in [-0.3, -0.25) is 9.98 Å². The second-order valence-electron chi connectivity index (χ2n) is 6.64. The van der Waals surface area contributed by atoms with Gasteiger partial charge in [0.1, 0.15) is 0 Å². The molecule has 138 valence electrons. The molecular weight excluding hydrogens is 304 g/mol. The molecule has 0 aliphatic carbocycles. The number of rotatable bonds is 13. The van der Waals surface area contributed by atoms with Crippen LogP contribution in [-0.2, 0) is 0 Å². The van der Waals surface area contributed by atoms with Crippen molar-refractivity contribution in [1.29, 1.82) is 0 Å². The molecule has 6 nitrogen and oxygen atoms in total. The Bertz CT molecular complexity index is 374. The average molecular weight is 338 g/mol. The average Bonchev–Trinajstić information content (AvgIpc) is 3.20. The van der Waals surface area contributed by atoms with Crippen LogP contribution >= 0.6 is 0 Å². The van der Waals surface area contributed by atoms with E-state index in [-0.39, 0.29) is 13.2 Å². The van der Waals surface area contributed by atoms with Crippen molar-refractivity contribution in [3.05, 3.63) is 0 Å². The van der Waals surface area contributed by atoms with Crippen LogP contribution in [0.2, 0.25) is 0 Å². The molecule has 0 aromatic rings. The van der Waals surface area contributed by atoms with Gasteiger partial charge in [0, 0.05) is 39.0 Å². The summed E-state index contributed by atoms with van der Waals surface area (Å²) in [5.74, 6) is 2.40. The van der Waals surface area contributed by atoms with Crippen LogP contribution in [-0.4, -0.2) is 84.2 Å². The normalized spacial score (nSPS) is 17.6. The molecule has 0 bridgehead atoms. The maximum Gasteiger partial charge on any atom is 0.0991 e. The highest BCUT2D eigenvalue weighted by molar-refractivity contribution is 5.84. The molecule has 0 saturated carbocycles. The fraction of sp³-hybridized carbons (Fsp3) is 0.889. The molecule has 6 heteroatoms. The van der Waals surface area contributed by atoms with Crippen molar-refractivity contribution in [2.24, 2.45) is 9.98 Å². The van der Waals surface area contributed by atoms with Gasteiger partial charge in [0.2, 0.25) is 0 Å². The van der Waals surface area contributed by atoms with E-state index in [9.17, 15) is 0 Å². The first-order valence-electron chi connectivity index (χ1n) is 9.63. The number of hydrogen-bond acceptors (Lipinski definition) is 6. The number of nitrogens with zero attached hydrogens (tertiary/aromatic N) is 4. The lowest BCUT2D eigenvalue weighted by Crippen LogP contribution is -2.30. The summed E-state index contributed by atoms with van der Waals surface area (Å²) in [6.07, 6.45) is 9.66. The number of aliphatic hydroxyl groups is 2. The lowest BCUT2D eigenvalue weighted by molar-refractivity contribution is 0.254. The molecule has 2 aliphatic rings. The maximum absolute atomic E-state index is 9.04. The van der Waals surface area contributed by atoms with Gasteiger partial charge in [-0.2, -0.15) is 0 Å². The monoisotopic (exact) mass is 338 g/mol. The summed E-state index contributed by atoms with van der Waals surface area (Å²) in [5.41, 5.74) is 0. The largest absolute Gasteiger partial charge is 0.395 e. The standard InChI is InChI=1S/C18H34N4O2/c23-15-13-21-11-9-19-17(21)7-5-3-1-2-4-6-8-18-20-10-12-22(18)14-16-24/h23-24H,1-16H2. The second kappa shape index (κ2) is 11.4. The smallest absolute Gasteiger partial charge is 0.0991 e. The van der Waals surface area contributed by atoms with Crippen molar-refractivity contribution < 1.29 is 10.2 Å². The van der Waals surface area contributed by atoms with Crippen LogP contribution < -0.4 is 0 Å². The predicted octanol–water partition coefficient (Wildman–Crippen LogP) is 1.52. The minimum Gasteiger partial charge on any atom is -0.395 e. The predicted molar refractivity (Wildman–Crippen MR) is 98.9 cm³/mol. The van der Waals surface area contributed by atoms with E-state index >= 15 is 0 Å². The number of amidine groups is 2. The molecule has 0 aromatic carbocycles. The van der Waals surface area contributed by atoms with Crippen molar-refractivity contribution in [1.82, 2.24) is 9.80 Å². The Morgan fingerprint density at radius 3 is 1.50 bits per heavy atom. The summed E-state index contributed by atoms with van der Waals surface area (Å²) < 4.78 is 0. The van der Waals surface area contributed by atoms with E-state index < -0.39 is 0 Å². The Labute approximate surface area is 146 Å². The molecule has 0 aromatic heterocycles. The Hall–Kier alpha value is -1.14. The third-order valence-corrected chi connectivity index (χ3v) is 4.85. The molecule has 0 fully saturated rings. The van der Waals surface area contributed by atoms with E-state index in [0.29, 0.717) is 0 Å². The van der Waals surface area contributed by atoms with E-state index in [1.807, 2.05) is 0 Å². The van der Waals surface area contributed by atoms with Crippen LogP contribution in [0.4, 0.5) is 0 Å². The summed E-state index contributed by atoms with van der Waals surface area (Å²) in [6, 6.07) is 0. The van der Waals surface area contributed by atoms with Gasteiger partial charge in [-0.05, 0) is 12.8 Å². The number of unbranched alkanes of at least 4 members (excludes halogenated alkanes) is 5. The van der Waals surface area contributed by atoms with E-state index in [1.54, 1.807) is 0 Å². The number of β-amino-alcohol motifs (C(OH)–C–C–N with tert-alkyl or cyclic N) is 2. The highest BCUT2D eigenvalue weighted by Crippen LogP contribution is 2.14. The molecular formula is C18H34N4O2.